The fourth-order valence-electron chi connectivity index (χ4n) is 2.97. The van der Waals surface area contributed by atoms with Gasteiger partial charge in [0.15, 0.2) is 11.6 Å². The van der Waals surface area contributed by atoms with Crippen LogP contribution in [0.1, 0.15) is 15.9 Å². The Morgan fingerprint density at radius 3 is 2.25 bits per heavy atom. The van der Waals surface area contributed by atoms with Crippen LogP contribution in [0.5, 0.6) is 0 Å². The third-order valence-corrected chi connectivity index (χ3v) is 4.60. The number of piperazine rings is 1. The van der Waals surface area contributed by atoms with Gasteiger partial charge in [-0.15, -0.1) is 0 Å². The van der Waals surface area contributed by atoms with E-state index >= 15 is 0 Å². The number of likely N-dealkylation sites (N-methyl/N-ethyl adjacent to an activating group) is 1. The third kappa shape index (κ3) is 4.41. The summed E-state index contributed by atoms with van der Waals surface area (Å²) < 4.78 is 65.8. The highest BCUT2D eigenvalue weighted by Crippen LogP contribution is 2.36. The fraction of sp³-hybridized carbons (Fsp3) is 0.316. The average Bonchev–Trinajstić information content (AvgIpc) is 2.64. The summed E-state index contributed by atoms with van der Waals surface area (Å²) >= 11 is 0. The van der Waals surface area contributed by atoms with Crippen LogP contribution >= 0.6 is 0 Å². The number of carbonyl (C=O) groups excluding carboxylic acids is 1. The van der Waals surface area contributed by atoms with E-state index in [2.05, 4.69) is 10.2 Å². The van der Waals surface area contributed by atoms with Gasteiger partial charge in [0.05, 0.1) is 16.9 Å². The van der Waals surface area contributed by atoms with Gasteiger partial charge in [-0.25, -0.2) is 8.78 Å². The van der Waals surface area contributed by atoms with Crippen LogP contribution < -0.4 is 10.2 Å². The molecule has 2 aromatic rings. The minimum atomic E-state index is -4.58. The molecular weight excluding hydrogens is 381 g/mol. The lowest BCUT2D eigenvalue weighted by Crippen LogP contribution is -2.44. The van der Waals surface area contributed by atoms with Gasteiger partial charge < -0.3 is 15.1 Å². The molecule has 0 unspecified atom stereocenters. The molecule has 9 heteroatoms. The summed E-state index contributed by atoms with van der Waals surface area (Å²) in [5.74, 6) is -3.15. The number of amides is 1. The summed E-state index contributed by atoms with van der Waals surface area (Å²) in [5, 5.41) is 2.41. The Hall–Kier alpha value is -2.68. The molecule has 1 N–H and O–H groups in total. The van der Waals surface area contributed by atoms with E-state index in [4.69, 9.17) is 0 Å². The van der Waals surface area contributed by atoms with Crippen molar-refractivity contribution in [3.05, 3.63) is 59.2 Å². The topological polar surface area (TPSA) is 35.6 Å². The Kier molecular flexibility index (Phi) is 5.55. The monoisotopic (exact) mass is 399 g/mol. The number of alkyl halides is 3. The predicted molar refractivity (Wildman–Crippen MR) is 95.5 cm³/mol. The highest BCUT2D eigenvalue weighted by molar-refractivity contribution is 6.06. The van der Waals surface area contributed by atoms with Gasteiger partial charge in [-0.05, 0) is 43.4 Å². The predicted octanol–water partition coefficient (Wildman–Crippen LogP) is 3.99. The maximum Gasteiger partial charge on any atom is 0.416 e. The third-order valence-electron chi connectivity index (χ3n) is 4.60. The SMILES string of the molecule is CN1CCN(c2ccc(C(F)(F)F)cc2NC(=O)c2ccc(F)c(F)c2)CC1. The molecule has 0 aromatic heterocycles. The van der Waals surface area contributed by atoms with Gasteiger partial charge in [0.25, 0.3) is 5.91 Å². The summed E-state index contributed by atoms with van der Waals surface area (Å²) in [5.41, 5.74) is -0.697. The smallest absolute Gasteiger partial charge is 0.367 e. The summed E-state index contributed by atoms with van der Waals surface area (Å²) in [4.78, 5) is 16.4. The van der Waals surface area contributed by atoms with Gasteiger partial charge in [-0.1, -0.05) is 0 Å². The standard InChI is InChI=1S/C19H18F5N3O/c1-26-6-8-27(9-7-26)17-5-3-13(19(22,23)24)11-16(17)25-18(28)12-2-4-14(20)15(21)10-12/h2-5,10-11H,6-9H2,1H3,(H,25,28). The number of anilines is 2. The number of hydrogen-bond donors (Lipinski definition) is 1. The highest BCUT2D eigenvalue weighted by Gasteiger charge is 2.32. The van der Waals surface area contributed by atoms with Crippen molar-refractivity contribution in [2.75, 3.05) is 43.4 Å². The minimum absolute atomic E-state index is 0.0332. The van der Waals surface area contributed by atoms with Crippen LogP contribution in [0, 0.1) is 11.6 Å². The highest BCUT2D eigenvalue weighted by atomic mass is 19.4. The molecule has 28 heavy (non-hydrogen) atoms. The largest absolute Gasteiger partial charge is 0.416 e. The molecule has 1 amide bonds. The zero-order chi connectivity index (χ0) is 20.5. The van der Waals surface area contributed by atoms with Gasteiger partial charge in [0.2, 0.25) is 0 Å². The Morgan fingerprint density at radius 2 is 1.64 bits per heavy atom. The number of hydrogen-bond acceptors (Lipinski definition) is 3. The summed E-state index contributed by atoms with van der Waals surface area (Å²) in [6.45, 7) is 2.60. The van der Waals surface area contributed by atoms with Gasteiger partial charge in [0, 0.05) is 31.7 Å². The van der Waals surface area contributed by atoms with E-state index in [1.807, 2.05) is 11.9 Å². The fourth-order valence-corrected chi connectivity index (χ4v) is 2.97. The first-order valence-electron chi connectivity index (χ1n) is 8.56. The molecule has 3 rings (SSSR count). The minimum Gasteiger partial charge on any atom is -0.367 e. The number of benzene rings is 2. The van der Waals surface area contributed by atoms with Gasteiger partial charge >= 0.3 is 6.18 Å². The van der Waals surface area contributed by atoms with Crippen LogP contribution in [-0.4, -0.2) is 44.0 Å². The summed E-state index contributed by atoms with van der Waals surface area (Å²) in [6, 6.07) is 5.68. The van der Waals surface area contributed by atoms with E-state index in [9.17, 15) is 26.7 Å². The van der Waals surface area contributed by atoms with Crippen LogP contribution in [-0.2, 0) is 6.18 Å². The van der Waals surface area contributed by atoms with Crippen molar-refractivity contribution in [1.29, 1.82) is 0 Å². The Morgan fingerprint density at radius 1 is 0.964 bits per heavy atom. The maximum atomic E-state index is 13.4. The Bertz CT molecular complexity index is 876. The van der Waals surface area contributed by atoms with Crippen LogP contribution in [0.15, 0.2) is 36.4 Å². The van der Waals surface area contributed by atoms with E-state index in [0.717, 1.165) is 37.4 Å². The first-order chi connectivity index (χ1) is 13.1. The molecule has 1 heterocycles. The molecule has 0 spiro atoms. The molecule has 150 valence electrons. The molecule has 0 aliphatic carbocycles. The number of halogens is 5. The van der Waals surface area contributed by atoms with Crippen LogP contribution in [0.25, 0.3) is 0 Å². The molecule has 1 fully saturated rings. The van der Waals surface area contributed by atoms with Crippen molar-refractivity contribution in [1.82, 2.24) is 4.90 Å². The lowest BCUT2D eigenvalue weighted by Gasteiger charge is -2.35. The second kappa shape index (κ2) is 7.75. The summed E-state index contributed by atoms with van der Waals surface area (Å²) in [7, 11) is 1.94. The van der Waals surface area contributed by atoms with Crippen molar-refractivity contribution in [3.63, 3.8) is 0 Å². The second-order valence-electron chi connectivity index (χ2n) is 6.60. The van der Waals surface area contributed by atoms with Crippen molar-refractivity contribution in [2.24, 2.45) is 0 Å². The van der Waals surface area contributed by atoms with E-state index in [-0.39, 0.29) is 11.3 Å². The molecular formula is C19H18F5N3O. The second-order valence-corrected chi connectivity index (χ2v) is 6.60. The zero-order valence-corrected chi connectivity index (χ0v) is 15.0. The molecule has 1 aliphatic rings. The molecule has 1 saturated heterocycles. The van der Waals surface area contributed by atoms with Crippen LogP contribution in [0.2, 0.25) is 0 Å². The van der Waals surface area contributed by atoms with E-state index in [0.29, 0.717) is 24.8 Å². The molecule has 0 radical (unpaired) electrons. The van der Waals surface area contributed by atoms with E-state index in [1.54, 1.807) is 0 Å². The first-order valence-corrected chi connectivity index (χ1v) is 8.56. The number of carbonyl (C=O) groups is 1. The van der Waals surface area contributed by atoms with Crippen molar-refractivity contribution >= 4 is 17.3 Å². The molecule has 2 aromatic carbocycles. The summed E-state index contributed by atoms with van der Waals surface area (Å²) in [6.07, 6.45) is -4.58. The number of rotatable bonds is 3. The molecule has 0 bridgehead atoms. The van der Waals surface area contributed by atoms with E-state index < -0.39 is 29.3 Å². The van der Waals surface area contributed by atoms with Gasteiger partial charge in [-0.2, -0.15) is 13.2 Å². The van der Waals surface area contributed by atoms with Crippen molar-refractivity contribution < 1.29 is 26.7 Å². The van der Waals surface area contributed by atoms with Gasteiger partial charge in [0.1, 0.15) is 0 Å². The zero-order valence-electron chi connectivity index (χ0n) is 15.0. The maximum absolute atomic E-state index is 13.4. The normalized spacial score (nSPS) is 15.6. The number of nitrogens with one attached hydrogen (secondary N) is 1. The average molecular weight is 399 g/mol. The quantitative estimate of drug-likeness (QED) is 0.793. The molecule has 0 saturated carbocycles. The lowest BCUT2D eigenvalue weighted by molar-refractivity contribution is -0.137. The van der Waals surface area contributed by atoms with Gasteiger partial charge in [-0.3, -0.25) is 4.79 Å². The van der Waals surface area contributed by atoms with Crippen molar-refractivity contribution in [2.45, 2.75) is 6.18 Å². The molecule has 4 nitrogen and oxygen atoms in total. The lowest BCUT2D eigenvalue weighted by atomic mass is 10.1. The van der Waals surface area contributed by atoms with Crippen LogP contribution in [0.3, 0.4) is 0 Å². The molecule has 0 atom stereocenters. The first kappa shape index (κ1) is 20.1. The van der Waals surface area contributed by atoms with Crippen molar-refractivity contribution in [3.8, 4) is 0 Å². The van der Waals surface area contributed by atoms with E-state index in [1.165, 1.54) is 6.07 Å². The Labute approximate surface area is 158 Å². The van der Waals surface area contributed by atoms with Crippen LogP contribution in [0.4, 0.5) is 33.3 Å². The number of nitrogens with zero attached hydrogens (tertiary/aromatic N) is 2. The molecule has 1 aliphatic heterocycles. The Balaban J connectivity index is 1.93.